The molecule has 6 nitrogen and oxygen atoms in total. The maximum absolute atomic E-state index is 5.83. The molecule has 1 aromatic carbocycles. The van der Waals surface area contributed by atoms with Gasteiger partial charge >= 0.3 is 0 Å². The topological polar surface area (TPSA) is 56.7 Å². The first-order chi connectivity index (χ1) is 11.8. The van der Waals surface area contributed by atoms with E-state index in [1.807, 2.05) is 6.07 Å². The van der Waals surface area contributed by atoms with Crippen molar-refractivity contribution in [1.29, 1.82) is 0 Å². The third kappa shape index (κ3) is 2.84. The molecule has 6 heteroatoms. The van der Waals surface area contributed by atoms with Crippen LogP contribution in [0.2, 0.25) is 0 Å². The highest BCUT2D eigenvalue weighted by Crippen LogP contribution is 2.39. The van der Waals surface area contributed by atoms with Crippen molar-refractivity contribution in [2.75, 3.05) is 31.8 Å². The molecule has 0 bridgehead atoms. The van der Waals surface area contributed by atoms with Crippen molar-refractivity contribution in [3.05, 3.63) is 36.0 Å². The van der Waals surface area contributed by atoms with Crippen LogP contribution in [0.4, 0.5) is 5.95 Å². The first-order valence-corrected chi connectivity index (χ1v) is 8.38. The van der Waals surface area contributed by atoms with Crippen LogP contribution in [-0.4, -0.2) is 36.8 Å². The molecule has 1 aromatic heterocycles. The summed E-state index contributed by atoms with van der Waals surface area (Å²) in [7, 11) is 1.62. The number of hydrogen-bond acceptors (Lipinski definition) is 6. The average Bonchev–Trinajstić information content (AvgIpc) is 3.00. The molecule has 4 rings (SSSR count). The van der Waals surface area contributed by atoms with E-state index in [0.717, 1.165) is 37.3 Å². The van der Waals surface area contributed by atoms with Crippen LogP contribution in [0.5, 0.6) is 17.4 Å². The highest BCUT2D eigenvalue weighted by Gasteiger charge is 2.29. The molecule has 2 aliphatic heterocycles. The Kier molecular flexibility index (Phi) is 4.11. The van der Waals surface area contributed by atoms with Gasteiger partial charge in [0.1, 0.15) is 0 Å². The van der Waals surface area contributed by atoms with Gasteiger partial charge in [-0.1, -0.05) is 6.07 Å². The SMILES string of the molecule is COc1ccnc(N2CCCC2c2ccc3c(c2)OCCCO3)n1. The van der Waals surface area contributed by atoms with E-state index in [1.165, 1.54) is 5.56 Å². The van der Waals surface area contributed by atoms with Crippen molar-refractivity contribution < 1.29 is 14.2 Å². The molecule has 3 heterocycles. The summed E-state index contributed by atoms with van der Waals surface area (Å²) >= 11 is 0. The number of hydrogen-bond donors (Lipinski definition) is 0. The van der Waals surface area contributed by atoms with E-state index in [1.54, 1.807) is 19.4 Å². The predicted octanol–water partition coefficient (Wildman–Crippen LogP) is 2.99. The van der Waals surface area contributed by atoms with Crippen LogP contribution in [0.25, 0.3) is 0 Å². The quantitative estimate of drug-likeness (QED) is 0.864. The van der Waals surface area contributed by atoms with Crippen molar-refractivity contribution >= 4 is 5.95 Å². The first-order valence-electron chi connectivity index (χ1n) is 8.38. The molecule has 0 saturated carbocycles. The van der Waals surface area contributed by atoms with Gasteiger partial charge in [-0.05, 0) is 30.5 Å². The zero-order chi connectivity index (χ0) is 16.4. The fourth-order valence-corrected chi connectivity index (χ4v) is 3.32. The van der Waals surface area contributed by atoms with Gasteiger partial charge in [0, 0.05) is 25.2 Å². The minimum absolute atomic E-state index is 0.245. The maximum Gasteiger partial charge on any atom is 0.229 e. The standard InChI is InChI=1S/C18H21N3O3/c1-22-17-7-8-19-18(20-17)21-9-2-4-14(21)13-5-6-15-16(12-13)24-11-3-10-23-15/h5-8,12,14H,2-4,9-11H2,1H3. The highest BCUT2D eigenvalue weighted by molar-refractivity contribution is 5.47. The third-order valence-electron chi connectivity index (χ3n) is 4.49. The summed E-state index contributed by atoms with van der Waals surface area (Å²) in [5, 5.41) is 0. The molecule has 0 aliphatic carbocycles. The lowest BCUT2D eigenvalue weighted by Gasteiger charge is -2.25. The molecule has 1 fully saturated rings. The minimum Gasteiger partial charge on any atom is -0.490 e. The van der Waals surface area contributed by atoms with Crippen LogP contribution in [0.15, 0.2) is 30.5 Å². The monoisotopic (exact) mass is 327 g/mol. The lowest BCUT2D eigenvalue weighted by molar-refractivity contribution is 0.297. The zero-order valence-electron chi connectivity index (χ0n) is 13.8. The van der Waals surface area contributed by atoms with Gasteiger partial charge in [-0.3, -0.25) is 0 Å². The zero-order valence-corrected chi connectivity index (χ0v) is 13.8. The van der Waals surface area contributed by atoms with Gasteiger partial charge in [-0.15, -0.1) is 0 Å². The predicted molar refractivity (Wildman–Crippen MR) is 90.0 cm³/mol. The summed E-state index contributed by atoms with van der Waals surface area (Å²) < 4.78 is 16.8. The van der Waals surface area contributed by atoms with Crippen LogP contribution < -0.4 is 19.1 Å². The second kappa shape index (κ2) is 6.55. The number of methoxy groups -OCH3 is 1. The van der Waals surface area contributed by atoms with Crippen molar-refractivity contribution in [2.45, 2.75) is 25.3 Å². The molecule has 0 radical (unpaired) electrons. The number of anilines is 1. The molecule has 24 heavy (non-hydrogen) atoms. The van der Waals surface area contributed by atoms with Crippen LogP contribution in [0.1, 0.15) is 30.9 Å². The van der Waals surface area contributed by atoms with E-state index < -0.39 is 0 Å². The van der Waals surface area contributed by atoms with Gasteiger partial charge in [-0.25, -0.2) is 4.98 Å². The number of rotatable bonds is 3. The first kappa shape index (κ1) is 15.1. The highest BCUT2D eigenvalue weighted by atomic mass is 16.5. The summed E-state index contributed by atoms with van der Waals surface area (Å²) in [6.45, 7) is 2.34. The molecule has 1 atom stereocenters. The van der Waals surface area contributed by atoms with Crippen molar-refractivity contribution in [3.63, 3.8) is 0 Å². The lowest BCUT2D eigenvalue weighted by atomic mass is 10.0. The molecule has 1 saturated heterocycles. The van der Waals surface area contributed by atoms with Gasteiger partial charge < -0.3 is 19.1 Å². The van der Waals surface area contributed by atoms with E-state index in [-0.39, 0.29) is 6.04 Å². The van der Waals surface area contributed by atoms with Gasteiger partial charge in [0.2, 0.25) is 11.8 Å². The molecule has 0 N–H and O–H groups in total. The Bertz CT molecular complexity index is 722. The van der Waals surface area contributed by atoms with Gasteiger partial charge in [0.05, 0.1) is 26.4 Å². The molecule has 126 valence electrons. The van der Waals surface area contributed by atoms with Crippen molar-refractivity contribution in [2.24, 2.45) is 0 Å². The Hall–Kier alpha value is -2.50. The molecule has 2 aromatic rings. The van der Waals surface area contributed by atoms with Crippen molar-refractivity contribution in [3.8, 4) is 17.4 Å². The van der Waals surface area contributed by atoms with Crippen LogP contribution in [0.3, 0.4) is 0 Å². The largest absolute Gasteiger partial charge is 0.490 e. The van der Waals surface area contributed by atoms with Crippen LogP contribution in [-0.2, 0) is 0 Å². The molecular weight excluding hydrogens is 306 g/mol. The maximum atomic E-state index is 5.83. The van der Waals surface area contributed by atoms with E-state index >= 15 is 0 Å². The third-order valence-corrected chi connectivity index (χ3v) is 4.49. The fourth-order valence-electron chi connectivity index (χ4n) is 3.32. The summed E-state index contributed by atoms with van der Waals surface area (Å²) in [6, 6.07) is 8.25. The lowest BCUT2D eigenvalue weighted by Crippen LogP contribution is -2.24. The Morgan fingerprint density at radius 2 is 2.00 bits per heavy atom. The van der Waals surface area contributed by atoms with E-state index in [0.29, 0.717) is 25.0 Å². The summed E-state index contributed by atoms with van der Waals surface area (Å²) in [5.74, 6) is 2.97. The number of benzene rings is 1. The van der Waals surface area contributed by atoms with Crippen LogP contribution in [0, 0.1) is 0 Å². The van der Waals surface area contributed by atoms with Crippen LogP contribution >= 0.6 is 0 Å². The van der Waals surface area contributed by atoms with Gasteiger partial charge in [0.15, 0.2) is 11.5 Å². The molecule has 2 aliphatic rings. The molecular formula is C18H21N3O3. The average molecular weight is 327 g/mol. The van der Waals surface area contributed by atoms with Crippen molar-refractivity contribution in [1.82, 2.24) is 9.97 Å². The minimum atomic E-state index is 0.245. The van der Waals surface area contributed by atoms with Gasteiger partial charge in [0.25, 0.3) is 0 Å². The molecule has 0 amide bonds. The number of ether oxygens (including phenoxy) is 3. The Morgan fingerprint density at radius 1 is 1.12 bits per heavy atom. The molecule has 0 spiro atoms. The molecule has 1 unspecified atom stereocenters. The Balaban J connectivity index is 1.64. The second-order valence-electron chi connectivity index (χ2n) is 6.01. The Labute approximate surface area is 141 Å². The summed E-state index contributed by atoms with van der Waals surface area (Å²) in [6.07, 6.45) is 4.83. The van der Waals surface area contributed by atoms with E-state index in [9.17, 15) is 0 Å². The summed E-state index contributed by atoms with van der Waals surface area (Å²) in [4.78, 5) is 11.2. The number of fused-ring (bicyclic) bond motifs is 1. The number of aromatic nitrogens is 2. The Morgan fingerprint density at radius 3 is 2.88 bits per heavy atom. The summed E-state index contributed by atoms with van der Waals surface area (Å²) in [5.41, 5.74) is 1.21. The van der Waals surface area contributed by atoms with Gasteiger partial charge in [-0.2, -0.15) is 4.98 Å². The normalized spacial score (nSPS) is 19.9. The second-order valence-corrected chi connectivity index (χ2v) is 6.01. The smallest absolute Gasteiger partial charge is 0.229 e. The fraction of sp³-hybridized carbons (Fsp3) is 0.444. The van der Waals surface area contributed by atoms with E-state index in [2.05, 4.69) is 27.0 Å². The van der Waals surface area contributed by atoms with E-state index in [4.69, 9.17) is 14.2 Å². The number of nitrogens with zero attached hydrogens (tertiary/aromatic N) is 3.